The molecule has 1 aromatic heterocycles. The van der Waals surface area contributed by atoms with Crippen LogP contribution in [0.2, 0.25) is 0 Å². The molecule has 1 saturated carbocycles. The van der Waals surface area contributed by atoms with Gasteiger partial charge in [0.05, 0.1) is 0 Å². The molecule has 94 valence electrons. The quantitative estimate of drug-likeness (QED) is 0.895. The molecule has 1 aliphatic carbocycles. The highest BCUT2D eigenvalue weighted by Crippen LogP contribution is 2.45. The van der Waals surface area contributed by atoms with Gasteiger partial charge in [0.25, 0.3) is 5.89 Å². The lowest BCUT2D eigenvalue weighted by atomic mass is 10.1. The SMILES string of the molecule is CC1CC1c1noc(-c2cccc(CCN)c2)n1. The van der Waals surface area contributed by atoms with E-state index in [-0.39, 0.29) is 0 Å². The largest absolute Gasteiger partial charge is 0.334 e. The highest BCUT2D eigenvalue weighted by Gasteiger charge is 2.38. The second kappa shape index (κ2) is 4.53. The van der Waals surface area contributed by atoms with Crippen LogP contribution in [0, 0.1) is 5.92 Å². The summed E-state index contributed by atoms with van der Waals surface area (Å²) >= 11 is 0. The summed E-state index contributed by atoms with van der Waals surface area (Å²) in [7, 11) is 0. The van der Waals surface area contributed by atoms with E-state index in [1.807, 2.05) is 12.1 Å². The zero-order valence-electron chi connectivity index (χ0n) is 10.5. The minimum Gasteiger partial charge on any atom is -0.334 e. The molecule has 1 heterocycles. The van der Waals surface area contributed by atoms with Gasteiger partial charge in [-0.25, -0.2) is 0 Å². The van der Waals surface area contributed by atoms with Gasteiger partial charge < -0.3 is 10.3 Å². The van der Waals surface area contributed by atoms with Crippen molar-refractivity contribution in [3.8, 4) is 11.5 Å². The number of hydrogen-bond acceptors (Lipinski definition) is 4. The minimum absolute atomic E-state index is 0.495. The van der Waals surface area contributed by atoms with Gasteiger partial charge in [-0.1, -0.05) is 24.2 Å². The molecule has 0 aliphatic heterocycles. The van der Waals surface area contributed by atoms with E-state index in [0.29, 0.717) is 24.3 Å². The molecule has 0 saturated heterocycles. The van der Waals surface area contributed by atoms with Crippen molar-refractivity contribution in [2.45, 2.75) is 25.7 Å². The molecule has 18 heavy (non-hydrogen) atoms. The predicted octanol–water partition coefficient (Wildman–Crippen LogP) is 2.36. The fraction of sp³-hybridized carbons (Fsp3) is 0.429. The van der Waals surface area contributed by atoms with Crippen LogP contribution in [0.25, 0.3) is 11.5 Å². The lowest BCUT2D eigenvalue weighted by Crippen LogP contribution is -2.02. The summed E-state index contributed by atoms with van der Waals surface area (Å²) in [5.41, 5.74) is 7.75. The molecule has 4 heteroatoms. The van der Waals surface area contributed by atoms with Crippen molar-refractivity contribution >= 4 is 0 Å². The maximum absolute atomic E-state index is 5.57. The lowest BCUT2D eigenvalue weighted by Gasteiger charge is -1.99. The molecule has 1 aromatic carbocycles. The molecule has 0 bridgehead atoms. The predicted molar refractivity (Wildman–Crippen MR) is 69.0 cm³/mol. The van der Waals surface area contributed by atoms with Gasteiger partial charge in [-0.05, 0) is 43.0 Å². The molecule has 1 aliphatic rings. The van der Waals surface area contributed by atoms with Gasteiger partial charge in [0.1, 0.15) is 0 Å². The first-order valence-electron chi connectivity index (χ1n) is 6.41. The van der Waals surface area contributed by atoms with Crippen molar-refractivity contribution < 1.29 is 4.52 Å². The highest BCUT2D eigenvalue weighted by atomic mass is 16.5. The summed E-state index contributed by atoms with van der Waals surface area (Å²) in [5, 5.41) is 4.07. The van der Waals surface area contributed by atoms with Crippen molar-refractivity contribution in [3.05, 3.63) is 35.7 Å². The van der Waals surface area contributed by atoms with Crippen LogP contribution < -0.4 is 5.73 Å². The summed E-state index contributed by atoms with van der Waals surface area (Å²) in [6.45, 7) is 2.86. The normalized spacial score (nSPS) is 22.1. The molecule has 2 N–H and O–H groups in total. The van der Waals surface area contributed by atoms with Gasteiger partial charge >= 0.3 is 0 Å². The van der Waals surface area contributed by atoms with Gasteiger partial charge in [0.15, 0.2) is 5.82 Å². The van der Waals surface area contributed by atoms with E-state index in [1.54, 1.807) is 0 Å². The van der Waals surface area contributed by atoms with Crippen LogP contribution in [0.5, 0.6) is 0 Å². The van der Waals surface area contributed by atoms with Gasteiger partial charge in [-0.2, -0.15) is 4.98 Å². The maximum Gasteiger partial charge on any atom is 0.257 e. The van der Waals surface area contributed by atoms with Crippen molar-refractivity contribution in [1.29, 1.82) is 0 Å². The van der Waals surface area contributed by atoms with Crippen LogP contribution in [0.3, 0.4) is 0 Å². The first kappa shape index (κ1) is 11.4. The van der Waals surface area contributed by atoms with E-state index >= 15 is 0 Å². The third-order valence-corrected chi connectivity index (χ3v) is 3.49. The van der Waals surface area contributed by atoms with E-state index in [1.165, 1.54) is 12.0 Å². The number of nitrogens with zero attached hydrogens (tertiary/aromatic N) is 2. The topological polar surface area (TPSA) is 64.9 Å². The zero-order valence-corrected chi connectivity index (χ0v) is 10.5. The highest BCUT2D eigenvalue weighted by molar-refractivity contribution is 5.54. The van der Waals surface area contributed by atoms with E-state index < -0.39 is 0 Å². The molecule has 4 nitrogen and oxygen atoms in total. The van der Waals surface area contributed by atoms with Gasteiger partial charge in [0, 0.05) is 11.5 Å². The van der Waals surface area contributed by atoms with Crippen molar-refractivity contribution in [3.63, 3.8) is 0 Å². The molecular weight excluding hydrogens is 226 g/mol. The second-order valence-corrected chi connectivity index (χ2v) is 5.02. The Kier molecular flexibility index (Phi) is 2.88. The molecule has 0 amide bonds. The first-order chi connectivity index (χ1) is 8.78. The Balaban J connectivity index is 1.85. The average molecular weight is 243 g/mol. The Labute approximate surface area is 106 Å². The monoisotopic (exact) mass is 243 g/mol. The number of nitrogens with two attached hydrogens (primary N) is 1. The molecule has 1 fully saturated rings. The number of benzene rings is 1. The van der Waals surface area contributed by atoms with E-state index in [0.717, 1.165) is 17.8 Å². The third-order valence-electron chi connectivity index (χ3n) is 3.49. The number of rotatable bonds is 4. The molecule has 0 radical (unpaired) electrons. The maximum atomic E-state index is 5.57. The van der Waals surface area contributed by atoms with Gasteiger partial charge in [-0.15, -0.1) is 0 Å². The van der Waals surface area contributed by atoms with Crippen LogP contribution >= 0.6 is 0 Å². The smallest absolute Gasteiger partial charge is 0.257 e. The van der Waals surface area contributed by atoms with Crippen LogP contribution in [-0.2, 0) is 6.42 Å². The molecule has 3 rings (SSSR count). The summed E-state index contributed by atoms with van der Waals surface area (Å²) in [6, 6.07) is 8.13. The zero-order chi connectivity index (χ0) is 12.5. The van der Waals surface area contributed by atoms with Crippen molar-refractivity contribution in [2.75, 3.05) is 6.54 Å². The molecule has 2 unspecified atom stereocenters. The molecular formula is C14H17N3O. The van der Waals surface area contributed by atoms with Gasteiger partial charge in [0.2, 0.25) is 0 Å². The van der Waals surface area contributed by atoms with Crippen LogP contribution in [0.15, 0.2) is 28.8 Å². The van der Waals surface area contributed by atoms with Gasteiger partial charge in [-0.3, -0.25) is 0 Å². The summed E-state index contributed by atoms with van der Waals surface area (Å²) in [5.74, 6) is 2.65. The Morgan fingerprint density at radius 2 is 2.28 bits per heavy atom. The number of aromatic nitrogens is 2. The Hall–Kier alpha value is -1.68. The molecule has 2 atom stereocenters. The fourth-order valence-electron chi connectivity index (χ4n) is 2.21. The van der Waals surface area contributed by atoms with Crippen molar-refractivity contribution in [1.82, 2.24) is 10.1 Å². The van der Waals surface area contributed by atoms with E-state index in [4.69, 9.17) is 10.3 Å². The Bertz CT molecular complexity index is 549. The first-order valence-corrected chi connectivity index (χ1v) is 6.41. The fourth-order valence-corrected chi connectivity index (χ4v) is 2.21. The van der Waals surface area contributed by atoms with Crippen molar-refractivity contribution in [2.24, 2.45) is 11.7 Å². The Morgan fingerprint density at radius 3 is 3.00 bits per heavy atom. The molecule has 0 spiro atoms. The summed E-state index contributed by atoms with van der Waals surface area (Å²) < 4.78 is 5.34. The second-order valence-electron chi connectivity index (χ2n) is 5.02. The average Bonchev–Trinajstić information content (AvgIpc) is 2.93. The summed E-state index contributed by atoms with van der Waals surface area (Å²) in [6.07, 6.45) is 2.04. The van der Waals surface area contributed by atoms with Crippen LogP contribution in [0.1, 0.15) is 30.7 Å². The summed E-state index contributed by atoms with van der Waals surface area (Å²) in [4.78, 5) is 4.49. The Morgan fingerprint density at radius 1 is 1.44 bits per heavy atom. The standard InChI is InChI=1S/C14H17N3O/c1-9-7-12(9)13-16-14(18-17-13)11-4-2-3-10(8-11)5-6-15/h2-4,8-9,12H,5-7,15H2,1H3. The van der Waals surface area contributed by atoms with Crippen LogP contribution in [0.4, 0.5) is 0 Å². The lowest BCUT2D eigenvalue weighted by molar-refractivity contribution is 0.422. The van der Waals surface area contributed by atoms with E-state index in [9.17, 15) is 0 Å². The minimum atomic E-state index is 0.495. The third kappa shape index (κ3) is 2.16. The van der Waals surface area contributed by atoms with E-state index in [2.05, 4.69) is 29.2 Å². The number of hydrogen-bond donors (Lipinski definition) is 1. The van der Waals surface area contributed by atoms with Crippen LogP contribution in [-0.4, -0.2) is 16.7 Å². The molecule has 2 aromatic rings.